The summed E-state index contributed by atoms with van der Waals surface area (Å²) in [7, 11) is 1.88. The Bertz CT molecular complexity index is 553. The Morgan fingerprint density at radius 2 is 1.90 bits per heavy atom. The van der Waals surface area contributed by atoms with E-state index in [1.54, 1.807) is 11.8 Å². The zero-order valence-corrected chi connectivity index (χ0v) is 13.1. The molecule has 0 aliphatic rings. The average Bonchev–Trinajstić information content (AvgIpc) is 2.88. The highest BCUT2D eigenvalue weighted by atomic mass is 32.2. The van der Waals surface area contributed by atoms with Gasteiger partial charge in [0.25, 0.3) is 0 Å². The molecular formula is C16H21NO3S. The van der Waals surface area contributed by atoms with E-state index < -0.39 is 6.10 Å². The minimum Gasteiger partial charge on any atom is -0.453 e. The molecule has 0 saturated carbocycles. The summed E-state index contributed by atoms with van der Waals surface area (Å²) < 4.78 is 5.78. The van der Waals surface area contributed by atoms with Gasteiger partial charge >= 0.3 is 0 Å². The third kappa shape index (κ3) is 5.21. The van der Waals surface area contributed by atoms with Gasteiger partial charge in [-0.05, 0) is 38.2 Å². The van der Waals surface area contributed by atoms with Gasteiger partial charge in [-0.1, -0.05) is 29.5 Å². The molecule has 0 aliphatic carbocycles. The predicted octanol–water partition coefficient (Wildman–Crippen LogP) is 2.52. The van der Waals surface area contributed by atoms with Crippen molar-refractivity contribution in [3.8, 4) is 0 Å². The highest BCUT2D eigenvalue weighted by Gasteiger charge is 2.10. The first-order valence-corrected chi connectivity index (χ1v) is 7.69. The number of likely N-dealkylation sites (N-methyl/N-ethyl adjacent to an activating group) is 1. The molecule has 0 bridgehead atoms. The first kappa shape index (κ1) is 16.1. The van der Waals surface area contributed by atoms with Crippen LogP contribution in [-0.2, 0) is 6.54 Å². The fourth-order valence-corrected chi connectivity index (χ4v) is 2.76. The molecule has 0 saturated heterocycles. The van der Waals surface area contributed by atoms with Gasteiger partial charge in [-0.3, -0.25) is 4.90 Å². The smallest absolute Gasteiger partial charge is 0.165 e. The van der Waals surface area contributed by atoms with Crippen molar-refractivity contribution in [3.05, 3.63) is 47.7 Å². The number of nitrogens with zero attached hydrogens (tertiary/aromatic N) is 1. The Morgan fingerprint density at radius 3 is 2.57 bits per heavy atom. The highest BCUT2D eigenvalue weighted by molar-refractivity contribution is 7.99. The topological polar surface area (TPSA) is 56.8 Å². The molecule has 0 spiro atoms. The van der Waals surface area contributed by atoms with E-state index >= 15 is 0 Å². The fraction of sp³-hybridized carbons (Fsp3) is 0.375. The van der Waals surface area contributed by atoms with Gasteiger partial charge in [0.2, 0.25) is 0 Å². The van der Waals surface area contributed by atoms with Crippen LogP contribution in [0.2, 0.25) is 0 Å². The number of aryl methyl sites for hydroxylation is 1. The van der Waals surface area contributed by atoms with Gasteiger partial charge in [0.15, 0.2) is 5.09 Å². The number of aliphatic hydroxyl groups excluding tert-OH is 2. The predicted molar refractivity (Wildman–Crippen MR) is 83.4 cm³/mol. The zero-order valence-electron chi connectivity index (χ0n) is 12.3. The lowest BCUT2D eigenvalue weighted by Crippen LogP contribution is -2.30. The number of benzene rings is 1. The monoisotopic (exact) mass is 307 g/mol. The second-order valence-corrected chi connectivity index (χ2v) is 6.25. The summed E-state index contributed by atoms with van der Waals surface area (Å²) in [6.07, 6.45) is -0.716. The van der Waals surface area contributed by atoms with E-state index in [1.165, 1.54) is 5.56 Å². The highest BCUT2D eigenvalue weighted by Crippen LogP contribution is 2.29. The molecule has 0 radical (unpaired) electrons. The molecule has 5 heteroatoms. The molecule has 1 aromatic heterocycles. The van der Waals surface area contributed by atoms with Crippen LogP contribution in [0.4, 0.5) is 0 Å². The lowest BCUT2D eigenvalue weighted by atomic mass is 10.2. The lowest BCUT2D eigenvalue weighted by Gasteiger charge is -2.17. The van der Waals surface area contributed by atoms with Crippen molar-refractivity contribution in [2.24, 2.45) is 0 Å². The molecule has 0 amide bonds. The van der Waals surface area contributed by atoms with Crippen molar-refractivity contribution in [2.45, 2.75) is 29.6 Å². The Hall–Kier alpha value is -1.27. The van der Waals surface area contributed by atoms with Crippen molar-refractivity contribution in [1.29, 1.82) is 0 Å². The van der Waals surface area contributed by atoms with E-state index in [9.17, 15) is 5.11 Å². The van der Waals surface area contributed by atoms with Crippen LogP contribution in [0, 0.1) is 6.92 Å². The molecule has 21 heavy (non-hydrogen) atoms. The van der Waals surface area contributed by atoms with E-state index in [0.29, 0.717) is 13.1 Å². The Kier molecular flexibility index (Phi) is 5.87. The molecule has 1 heterocycles. The van der Waals surface area contributed by atoms with Crippen LogP contribution >= 0.6 is 11.8 Å². The van der Waals surface area contributed by atoms with Crippen molar-refractivity contribution >= 4 is 11.8 Å². The molecule has 0 unspecified atom stereocenters. The SMILES string of the molecule is Cc1ccc(Sc2ccc(CN(C)C[C@H](O)CO)o2)cc1. The van der Waals surface area contributed by atoms with Gasteiger partial charge in [-0.2, -0.15) is 0 Å². The van der Waals surface area contributed by atoms with Crippen LogP contribution in [-0.4, -0.2) is 41.4 Å². The first-order chi connectivity index (χ1) is 10.1. The van der Waals surface area contributed by atoms with Gasteiger partial charge in [0.05, 0.1) is 19.3 Å². The molecule has 0 fully saturated rings. The molecule has 1 aromatic carbocycles. The van der Waals surface area contributed by atoms with E-state index in [1.807, 2.05) is 24.1 Å². The lowest BCUT2D eigenvalue weighted by molar-refractivity contribution is 0.0628. The quantitative estimate of drug-likeness (QED) is 0.823. The van der Waals surface area contributed by atoms with E-state index in [2.05, 4.69) is 31.2 Å². The van der Waals surface area contributed by atoms with Crippen molar-refractivity contribution in [3.63, 3.8) is 0 Å². The Balaban J connectivity index is 1.90. The number of hydrogen-bond donors (Lipinski definition) is 2. The summed E-state index contributed by atoms with van der Waals surface area (Å²) in [5, 5.41) is 19.1. The van der Waals surface area contributed by atoms with Gasteiger partial charge in [-0.15, -0.1) is 0 Å². The van der Waals surface area contributed by atoms with Crippen LogP contribution in [0.15, 0.2) is 50.8 Å². The molecular weight excluding hydrogens is 286 g/mol. The summed E-state index contributed by atoms with van der Waals surface area (Å²) in [6.45, 7) is 2.86. The maximum Gasteiger partial charge on any atom is 0.165 e. The normalized spacial score (nSPS) is 12.8. The number of furan rings is 1. The first-order valence-electron chi connectivity index (χ1n) is 6.87. The molecule has 4 nitrogen and oxygen atoms in total. The minimum absolute atomic E-state index is 0.225. The van der Waals surface area contributed by atoms with Crippen molar-refractivity contribution in [2.75, 3.05) is 20.2 Å². The van der Waals surface area contributed by atoms with E-state index in [4.69, 9.17) is 9.52 Å². The molecule has 1 atom stereocenters. The van der Waals surface area contributed by atoms with Gasteiger partial charge in [0.1, 0.15) is 5.76 Å². The van der Waals surface area contributed by atoms with Crippen LogP contribution in [0.25, 0.3) is 0 Å². The largest absolute Gasteiger partial charge is 0.453 e. The number of hydrogen-bond acceptors (Lipinski definition) is 5. The number of rotatable bonds is 7. The Morgan fingerprint density at radius 1 is 1.19 bits per heavy atom. The maximum absolute atomic E-state index is 9.40. The second-order valence-electron chi connectivity index (χ2n) is 5.17. The summed E-state index contributed by atoms with van der Waals surface area (Å²) in [5.74, 6) is 0.845. The number of aliphatic hydroxyl groups is 2. The summed E-state index contributed by atoms with van der Waals surface area (Å²) in [4.78, 5) is 3.06. The standard InChI is InChI=1S/C16H21NO3S/c1-12-3-6-15(7-4-12)21-16-8-5-14(20-16)10-17(2)9-13(19)11-18/h3-8,13,18-19H,9-11H2,1-2H3/t13-/m0/s1. The third-order valence-electron chi connectivity index (χ3n) is 3.04. The average molecular weight is 307 g/mol. The van der Waals surface area contributed by atoms with Gasteiger partial charge < -0.3 is 14.6 Å². The molecule has 2 aromatic rings. The van der Waals surface area contributed by atoms with Crippen LogP contribution in [0.5, 0.6) is 0 Å². The summed E-state index contributed by atoms with van der Waals surface area (Å²) in [6, 6.07) is 12.2. The van der Waals surface area contributed by atoms with Crippen molar-refractivity contribution in [1.82, 2.24) is 4.90 Å². The third-order valence-corrected chi connectivity index (χ3v) is 3.96. The van der Waals surface area contributed by atoms with Gasteiger partial charge in [0, 0.05) is 11.4 Å². The molecule has 0 aliphatic heterocycles. The molecule has 2 N–H and O–H groups in total. The second kappa shape index (κ2) is 7.66. The van der Waals surface area contributed by atoms with E-state index in [0.717, 1.165) is 15.7 Å². The summed E-state index contributed by atoms with van der Waals surface area (Å²) >= 11 is 1.59. The van der Waals surface area contributed by atoms with E-state index in [-0.39, 0.29) is 6.61 Å². The van der Waals surface area contributed by atoms with Gasteiger partial charge in [-0.25, -0.2) is 0 Å². The van der Waals surface area contributed by atoms with Crippen LogP contribution < -0.4 is 0 Å². The molecule has 2 rings (SSSR count). The van der Waals surface area contributed by atoms with Crippen LogP contribution in [0.1, 0.15) is 11.3 Å². The Labute approximate surface area is 129 Å². The molecule has 114 valence electrons. The fourth-order valence-electron chi connectivity index (χ4n) is 1.97. The minimum atomic E-state index is -0.716. The maximum atomic E-state index is 9.40. The van der Waals surface area contributed by atoms with Crippen molar-refractivity contribution < 1.29 is 14.6 Å². The van der Waals surface area contributed by atoms with Crippen LogP contribution in [0.3, 0.4) is 0 Å². The zero-order chi connectivity index (χ0) is 15.2. The summed E-state index contributed by atoms with van der Waals surface area (Å²) in [5.41, 5.74) is 1.24.